The Kier molecular flexibility index (Phi) is 7.70. The number of fused-ring (bicyclic) bond motifs is 3. The smallest absolute Gasteiger partial charge is 0.313 e. The van der Waals surface area contributed by atoms with Crippen LogP contribution in [0.3, 0.4) is 0 Å². The molecule has 7 aliphatic carbocycles. The quantitative estimate of drug-likeness (QED) is 0.178. The highest BCUT2D eigenvalue weighted by molar-refractivity contribution is 6.10. The number of halogens is 2. The molecule has 2 N–H and O–H groups in total. The molecule has 2 heterocycles. The monoisotopic (exact) mass is 747 g/mol. The van der Waals surface area contributed by atoms with Gasteiger partial charge in [0.2, 0.25) is 0 Å². The van der Waals surface area contributed by atoms with Gasteiger partial charge in [-0.1, -0.05) is 45.9 Å². The number of aliphatic hydroxyl groups is 2. The van der Waals surface area contributed by atoms with Crippen LogP contribution >= 0.6 is 0 Å². The molecule has 6 fully saturated rings. The molecule has 9 aliphatic rings. The Morgan fingerprint density at radius 1 is 0.907 bits per heavy atom. The number of ether oxygens (including phenoxy) is 2. The summed E-state index contributed by atoms with van der Waals surface area (Å²) >= 11 is 0. The van der Waals surface area contributed by atoms with Gasteiger partial charge in [-0.15, -0.1) is 0 Å². The molecule has 4 saturated carbocycles. The average Bonchev–Trinajstić information content (AvgIpc) is 3.82. The maximum absolute atomic E-state index is 15.1. The first kappa shape index (κ1) is 36.7. The number of esters is 1. The normalized spacial score (nSPS) is 46.5. The Morgan fingerprint density at radius 2 is 1.63 bits per heavy atom. The molecule has 54 heavy (non-hydrogen) atoms. The molecule has 1 aromatic rings. The molecule has 2 saturated heterocycles. The van der Waals surface area contributed by atoms with E-state index in [0.29, 0.717) is 63.5 Å². The van der Waals surface area contributed by atoms with Crippen molar-refractivity contribution in [2.45, 2.75) is 129 Å². The van der Waals surface area contributed by atoms with Crippen molar-refractivity contribution in [2.24, 2.45) is 44.3 Å². The minimum absolute atomic E-state index is 0.00977. The zero-order valence-electron chi connectivity index (χ0n) is 32.3. The van der Waals surface area contributed by atoms with Crippen molar-refractivity contribution in [1.82, 2.24) is 4.90 Å². The Balaban J connectivity index is 1.12. The number of hydrogen-bond donors (Lipinski definition) is 2. The number of carbonyl (C=O) groups excluding carboxylic acids is 3. The lowest BCUT2D eigenvalue weighted by Gasteiger charge is -2.71. The van der Waals surface area contributed by atoms with Crippen LogP contribution in [0.5, 0.6) is 0 Å². The van der Waals surface area contributed by atoms with Crippen molar-refractivity contribution in [3.63, 3.8) is 0 Å². The van der Waals surface area contributed by atoms with Crippen LogP contribution in [0.15, 0.2) is 42.0 Å². The number of benzene rings is 1. The van der Waals surface area contributed by atoms with Gasteiger partial charge in [-0.05, 0) is 113 Å². The third kappa shape index (κ3) is 4.26. The summed E-state index contributed by atoms with van der Waals surface area (Å²) in [5, 5.41) is 24.2. The summed E-state index contributed by atoms with van der Waals surface area (Å²) in [6.07, 6.45) is 12.7. The molecule has 11 unspecified atom stereocenters. The summed E-state index contributed by atoms with van der Waals surface area (Å²) < 4.78 is 41.0. The van der Waals surface area contributed by atoms with Gasteiger partial charge in [0.15, 0.2) is 23.0 Å². The molecule has 10 rings (SSSR count). The SMILES string of the molecule is CC12CCC(C(=O)N(CC3CCCO3)CC3(O)CCC4C56C=CC7(C=C5C(=O)c5ccc(F)c(F)c5)CC(O)CCC7(C)C6CCC43C)(OC1=O)C2(C)C. The van der Waals surface area contributed by atoms with E-state index in [9.17, 15) is 28.6 Å². The number of Topliss-reactive ketones (excluding diaryl/α,β-unsaturated/α-hetero) is 1. The third-order valence-electron chi connectivity index (χ3n) is 17.8. The minimum atomic E-state index is -1.35. The summed E-state index contributed by atoms with van der Waals surface area (Å²) in [5.74, 6) is -3.27. The molecule has 4 bridgehead atoms. The van der Waals surface area contributed by atoms with Crippen LogP contribution in [0, 0.1) is 56.0 Å². The van der Waals surface area contributed by atoms with Crippen LogP contribution < -0.4 is 0 Å². The van der Waals surface area contributed by atoms with Crippen molar-refractivity contribution in [3.8, 4) is 0 Å². The highest BCUT2D eigenvalue weighted by atomic mass is 19.2. The van der Waals surface area contributed by atoms with Crippen LogP contribution in [0.2, 0.25) is 0 Å². The molecular weight excluding hydrogens is 692 g/mol. The number of hydrogen-bond acceptors (Lipinski definition) is 7. The van der Waals surface area contributed by atoms with Crippen molar-refractivity contribution < 1.29 is 42.9 Å². The lowest BCUT2D eigenvalue weighted by molar-refractivity contribution is -0.188. The molecular formula is C44H55F2NO7. The highest BCUT2D eigenvalue weighted by Gasteiger charge is 2.78. The first-order chi connectivity index (χ1) is 25.3. The van der Waals surface area contributed by atoms with E-state index >= 15 is 4.79 Å². The first-order valence-corrected chi connectivity index (χ1v) is 20.3. The van der Waals surface area contributed by atoms with Crippen molar-refractivity contribution in [1.29, 1.82) is 0 Å². The van der Waals surface area contributed by atoms with Crippen LogP contribution in [0.1, 0.15) is 116 Å². The Labute approximate surface area is 316 Å². The van der Waals surface area contributed by atoms with Gasteiger partial charge in [-0.3, -0.25) is 14.4 Å². The fourth-order valence-corrected chi connectivity index (χ4v) is 13.9. The topological polar surface area (TPSA) is 113 Å². The van der Waals surface area contributed by atoms with Crippen molar-refractivity contribution in [2.75, 3.05) is 19.7 Å². The standard InChI is InChI=1S/C44H55F2NO7/c1-37(2)40(5)16-19-44(37,54-36(40)51)35(50)47(24-28-7-6-20-53-28)25-42(52)15-12-33-39(42,4)14-11-32-38(3)13-10-27(48)22-41(38)17-18-43(32,33)29(23-41)34(49)26-8-9-30(45)31(46)21-26/h8-9,17-18,21,23,27-28,32-33,48,52H,6-7,10-16,19-20,22,24-25H2,1-5H3. The fraction of sp³-hybridized carbons (Fsp3) is 0.705. The van der Waals surface area contributed by atoms with Crippen LogP contribution in [-0.4, -0.2) is 75.9 Å². The molecule has 11 atom stereocenters. The van der Waals surface area contributed by atoms with E-state index in [0.717, 1.165) is 31.4 Å². The summed E-state index contributed by atoms with van der Waals surface area (Å²) in [6.45, 7) is 11.1. The van der Waals surface area contributed by atoms with Gasteiger partial charge in [-0.2, -0.15) is 0 Å². The van der Waals surface area contributed by atoms with Gasteiger partial charge in [0.25, 0.3) is 5.91 Å². The molecule has 0 radical (unpaired) electrons. The van der Waals surface area contributed by atoms with E-state index in [1.807, 2.05) is 20.8 Å². The molecule has 2 spiro atoms. The third-order valence-corrected chi connectivity index (χ3v) is 17.8. The van der Waals surface area contributed by atoms with Crippen LogP contribution in [0.25, 0.3) is 0 Å². The summed E-state index contributed by atoms with van der Waals surface area (Å²) in [6, 6.07) is 3.32. The Morgan fingerprint density at radius 3 is 2.30 bits per heavy atom. The Hall–Kier alpha value is -2.95. The van der Waals surface area contributed by atoms with Crippen LogP contribution in [-0.2, 0) is 19.1 Å². The van der Waals surface area contributed by atoms with E-state index in [1.54, 1.807) is 4.90 Å². The largest absolute Gasteiger partial charge is 0.448 e. The average molecular weight is 748 g/mol. The zero-order chi connectivity index (χ0) is 38.5. The number of carbonyl (C=O) groups is 3. The van der Waals surface area contributed by atoms with E-state index in [-0.39, 0.29) is 59.7 Å². The maximum atomic E-state index is 15.1. The van der Waals surface area contributed by atoms with Gasteiger partial charge in [0.05, 0.1) is 29.8 Å². The van der Waals surface area contributed by atoms with Gasteiger partial charge in [-0.25, -0.2) is 8.78 Å². The van der Waals surface area contributed by atoms with Gasteiger partial charge >= 0.3 is 5.97 Å². The van der Waals surface area contributed by atoms with E-state index in [2.05, 4.69) is 32.1 Å². The molecule has 10 heteroatoms. The Bertz CT molecular complexity index is 1910. The van der Waals surface area contributed by atoms with E-state index < -0.39 is 56.0 Å². The maximum Gasteiger partial charge on any atom is 0.313 e. The summed E-state index contributed by atoms with van der Waals surface area (Å²) in [4.78, 5) is 44.9. The van der Waals surface area contributed by atoms with Gasteiger partial charge in [0.1, 0.15) is 0 Å². The zero-order valence-corrected chi connectivity index (χ0v) is 32.3. The van der Waals surface area contributed by atoms with E-state index in [1.165, 1.54) is 6.07 Å². The predicted octanol–water partition coefficient (Wildman–Crippen LogP) is 6.87. The van der Waals surface area contributed by atoms with Crippen LogP contribution in [0.4, 0.5) is 8.78 Å². The molecule has 1 amide bonds. The molecule has 292 valence electrons. The minimum Gasteiger partial charge on any atom is -0.448 e. The number of rotatable bonds is 7. The second kappa shape index (κ2) is 11.3. The molecule has 1 aromatic carbocycles. The number of allylic oxidation sites excluding steroid dienone is 4. The molecule has 8 nitrogen and oxygen atoms in total. The fourth-order valence-electron chi connectivity index (χ4n) is 13.9. The molecule has 2 aliphatic heterocycles. The van der Waals surface area contributed by atoms with Crippen molar-refractivity contribution in [3.05, 3.63) is 59.2 Å². The van der Waals surface area contributed by atoms with E-state index in [4.69, 9.17) is 9.47 Å². The lowest BCUT2D eigenvalue weighted by Crippen LogP contribution is -2.68. The second-order valence-electron chi connectivity index (χ2n) is 19.8. The summed E-state index contributed by atoms with van der Waals surface area (Å²) in [5.41, 5.74) is -6.01. The number of ketones is 1. The number of nitrogens with zero attached hydrogens (tertiary/aromatic N) is 1. The van der Waals surface area contributed by atoms with Gasteiger partial charge < -0.3 is 24.6 Å². The van der Waals surface area contributed by atoms with Gasteiger partial charge in [0, 0.05) is 45.9 Å². The van der Waals surface area contributed by atoms with Crippen molar-refractivity contribution >= 4 is 17.7 Å². The number of amides is 1. The molecule has 0 aromatic heterocycles. The highest BCUT2D eigenvalue weighted by Crippen LogP contribution is 2.78. The lowest BCUT2D eigenvalue weighted by atomic mass is 9.32. The number of aliphatic hydroxyl groups excluding tert-OH is 1. The predicted molar refractivity (Wildman–Crippen MR) is 195 cm³/mol. The summed E-state index contributed by atoms with van der Waals surface area (Å²) in [7, 11) is 0. The second-order valence-corrected chi connectivity index (χ2v) is 19.8. The first-order valence-electron chi connectivity index (χ1n) is 20.3.